The van der Waals surface area contributed by atoms with Crippen LogP contribution in [0.15, 0.2) is 0 Å². The summed E-state index contributed by atoms with van der Waals surface area (Å²) in [5, 5.41) is 0. The van der Waals surface area contributed by atoms with Gasteiger partial charge in [-0.25, -0.2) is 0 Å². The molecule has 2 rings (SSSR count). The van der Waals surface area contributed by atoms with Crippen molar-refractivity contribution in [2.24, 2.45) is 11.3 Å². The minimum atomic E-state index is 0.549. The summed E-state index contributed by atoms with van der Waals surface area (Å²) in [5.74, 6) is 2.09. The van der Waals surface area contributed by atoms with E-state index in [-0.39, 0.29) is 0 Å². The van der Waals surface area contributed by atoms with E-state index in [1.165, 1.54) is 77.4 Å². The van der Waals surface area contributed by atoms with Crippen LogP contribution in [0.1, 0.15) is 64.7 Å². The maximum Gasteiger partial charge on any atom is 0.00458 e. The molecule has 1 atom stereocenters. The van der Waals surface area contributed by atoms with E-state index in [0.717, 1.165) is 11.7 Å². The summed E-state index contributed by atoms with van der Waals surface area (Å²) < 4.78 is 0. The second-order valence-corrected chi connectivity index (χ2v) is 7.02. The van der Waals surface area contributed by atoms with Crippen LogP contribution >= 0.6 is 12.6 Å². The van der Waals surface area contributed by atoms with Gasteiger partial charge in [-0.15, -0.1) is 0 Å². The van der Waals surface area contributed by atoms with Crippen molar-refractivity contribution in [1.29, 1.82) is 0 Å². The van der Waals surface area contributed by atoms with Crippen molar-refractivity contribution in [2.75, 3.05) is 25.4 Å². The summed E-state index contributed by atoms with van der Waals surface area (Å²) in [5.41, 5.74) is 0.549. The second kappa shape index (κ2) is 7.19. The summed E-state index contributed by atoms with van der Waals surface area (Å²) in [6, 6.07) is 0. The quantitative estimate of drug-likeness (QED) is 0.741. The molecule has 2 fully saturated rings. The van der Waals surface area contributed by atoms with Gasteiger partial charge in [0.25, 0.3) is 0 Å². The Kier molecular flexibility index (Phi) is 5.88. The molecule has 0 aromatic rings. The van der Waals surface area contributed by atoms with Gasteiger partial charge in [-0.1, -0.05) is 32.6 Å². The van der Waals surface area contributed by atoms with Crippen molar-refractivity contribution in [3.63, 3.8) is 0 Å². The third-order valence-electron chi connectivity index (χ3n) is 5.33. The normalized spacial score (nSPS) is 30.0. The van der Waals surface area contributed by atoms with Crippen LogP contribution in [0.25, 0.3) is 0 Å². The lowest BCUT2D eigenvalue weighted by Crippen LogP contribution is -2.41. The third-order valence-corrected chi connectivity index (χ3v) is 6.00. The largest absolute Gasteiger partial charge is 0.303 e. The lowest BCUT2D eigenvalue weighted by atomic mass is 9.75. The molecule has 0 spiro atoms. The van der Waals surface area contributed by atoms with E-state index < -0.39 is 0 Å². The lowest BCUT2D eigenvalue weighted by Gasteiger charge is -2.40. The van der Waals surface area contributed by atoms with Gasteiger partial charge in [0.1, 0.15) is 0 Å². The molecular formula is C16H31NS. The molecule has 1 aliphatic carbocycles. The SMILES string of the molecule is CCC1CCCN(CC2(CS)CCCCC2)CC1. The van der Waals surface area contributed by atoms with Crippen LogP contribution in [-0.2, 0) is 0 Å². The maximum absolute atomic E-state index is 4.69. The molecule has 1 nitrogen and oxygen atoms in total. The number of rotatable bonds is 4. The zero-order valence-electron chi connectivity index (χ0n) is 12.2. The Balaban J connectivity index is 1.87. The first kappa shape index (κ1) is 14.7. The Labute approximate surface area is 119 Å². The van der Waals surface area contributed by atoms with Crippen molar-refractivity contribution in [3.8, 4) is 0 Å². The van der Waals surface area contributed by atoms with Gasteiger partial charge in [0, 0.05) is 6.54 Å². The molecule has 0 aromatic heterocycles. The van der Waals surface area contributed by atoms with Crippen LogP contribution in [0.5, 0.6) is 0 Å². The van der Waals surface area contributed by atoms with Gasteiger partial charge in [0.15, 0.2) is 0 Å². The monoisotopic (exact) mass is 269 g/mol. The lowest BCUT2D eigenvalue weighted by molar-refractivity contribution is 0.127. The van der Waals surface area contributed by atoms with Gasteiger partial charge >= 0.3 is 0 Å². The number of hydrogen-bond acceptors (Lipinski definition) is 2. The Morgan fingerprint density at radius 2 is 1.83 bits per heavy atom. The summed E-state index contributed by atoms with van der Waals surface area (Å²) in [7, 11) is 0. The summed E-state index contributed by atoms with van der Waals surface area (Å²) in [4.78, 5) is 2.76. The van der Waals surface area contributed by atoms with Gasteiger partial charge in [0.2, 0.25) is 0 Å². The van der Waals surface area contributed by atoms with E-state index in [0.29, 0.717) is 5.41 Å². The van der Waals surface area contributed by atoms with Gasteiger partial charge in [-0.3, -0.25) is 0 Å². The highest BCUT2D eigenvalue weighted by molar-refractivity contribution is 7.80. The predicted octanol–water partition coefficient (Wildman–Crippen LogP) is 4.38. The molecule has 1 heterocycles. The second-order valence-electron chi connectivity index (χ2n) is 6.70. The maximum atomic E-state index is 4.69. The average Bonchev–Trinajstić information content (AvgIpc) is 2.65. The molecule has 106 valence electrons. The van der Waals surface area contributed by atoms with Crippen LogP contribution in [0, 0.1) is 11.3 Å². The standard InChI is InChI=1S/C16H31NS/c1-2-15-7-6-11-17(12-8-15)13-16(14-18)9-4-3-5-10-16/h15,18H,2-14H2,1H3. The minimum Gasteiger partial charge on any atom is -0.303 e. The molecule has 2 aliphatic rings. The molecule has 2 heteroatoms. The molecular weight excluding hydrogens is 238 g/mol. The molecule has 18 heavy (non-hydrogen) atoms. The van der Waals surface area contributed by atoms with E-state index in [2.05, 4.69) is 24.5 Å². The fourth-order valence-electron chi connectivity index (χ4n) is 3.93. The number of likely N-dealkylation sites (tertiary alicyclic amines) is 1. The van der Waals surface area contributed by atoms with E-state index in [9.17, 15) is 0 Å². The van der Waals surface area contributed by atoms with Crippen molar-refractivity contribution in [3.05, 3.63) is 0 Å². The van der Waals surface area contributed by atoms with E-state index in [1.54, 1.807) is 0 Å². The van der Waals surface area contributed by atoms with Crippen molar-refractivity contribution < 1.29 is 0 Å². The Bertz CT molecular complexity index is 235. The third kappa shape index (κ3) is 3.90. The minimum absolute atomic E-state index is 0.549. The van der Waals surface area contributed by atoms with Crippen molar-refractivity contribution in [2.45, 2.75) is 64.7 Å². The van der Waals surface area contributed by atoms with Crippen molar-refractivity contribution >= 4 is 12.6 Å². The van der Waals surface area contributed by atoms with Crippen LogP contribution in [0.2, 0.25) is 0 Å². The van der Waals surface area contributed by atoms with E-state index >= 15 is 0 Å². The van der Waals surface area contributed by atoms with Crippen LogP contribution < -0.4 is 0 Å². The molecule has 0 amide bonds. The van der Waals surface area contributed by atoms with Crippen molar-refractivity contribution in [1.82, 2.24) is 4.90 Å². The number of thiol groups is 1. The highest BCUT2D eigenvalue weighted by Gasteiger charge is 2.33. The summed E-state index contributed by atoms with van der Waals surface area (Å²) in [6.07, 6.45) is 12.9. The predicted molar refractivity (Wildman–Crippen MR) is 83.4 cm³/mol. The molecule has 1 aliphatic heterocycles. The molecule has 0 aromatic carbocycles. The average molecular weight is 269 g/mol. The first-order valence-corrected chi connectivity index (χ1v) is 8.74. The summed E-state index contributed by atoms with van der Waals surface area (Å²) >= 11 is 4.69. The zero-order valence-corrected chi connectivity index (χ0v) is 13.1. The molecule has 1 saturated heterocycles. The van der Waals surface area contributed by atoms with Gasteiger partial charge < -0.3 is 4.90 Å². The number of nitrogens with zero attached hydrogens (tertiary/aromatic N) is 1. The Hall–Kier alpha value is 0.310. The topological polar surface area (TPSA) is 3.24 Å². The first-order chi connectivity index (χ1) is 8.78. The first-order valence-electron chi connectivity index (χ1n) is 8.11. The molecule has 0 radical (unpaired) electrons. The van der Waals surface area contributed by atoms with E-state index in [1.807, 2.05) is 0 Å². The molecule has 1 unspecified atom stereocenters. The molecule has 1 saturated carbocycles. The highest BCUT2D eigenvalue weighted by Crippen LogP contribution is 2.38. The highest BCUT2D eigenvalue weighted by atomic mass is 32.1. The van der Waals surface area contributed by atoms with Crippen LogP contribution in [0.4, 0.5) is 0 Å². The summed E-state index contributed by atoms with van der Waals surface area (Å²) in [6.45, 7) is 6.36. The van der Waals surface area contributed by atoms with E-state index in [4.69, 9.17) is 0 Å². The van der Waals surface area contributed by atoms with Crippen LogP contribution in [0.3, 0.4) is 0 Å². The fourth-order valence-corrected chi connectivity index (χ4v) is 4.35. The zero-order chi connectivity index (χ0) is 12.8. The Morgan fingerprint density at radius 1 is 1.06 bits per heavy atom. The number of hydrogen-bond donors (Lipinski definition) is 1. The van der Waals surface area contributed by atoms with Gasteiger partial charge in [-0.2, -0.15) is 12.6 Å². The fraction of sp³-hybridized carbons (Fsp3) is 1.00. The van der Waals surface area contributed by atoms with Gasteiger partial charge in [0.05, 0.1) is 0 Å². The molecule has 0 N–H and O–H groups in total. The van der Waals surface area contributed by atoms with Crippen LogP contribution in [-0.4, -0.2) is 30.3 Å². The van der Waals surface area contributed by atoms with Gasteiger partial charge in [-0.05, 0) is 62.3 Å². The Morgan fingerprint density at radius 3 is 2.50 bits per heavy atom. The smallest absolute Gasteiger partial charge is 0.00458 e. The molecule has 0 bridgehead atoms.